The van der Waals surface area contributed by atoms with Gasteiger partial charge < -0.3 is 9.64 Å². The number of hydrogen-bond acceptors (Lipinski definition) is 2. The van der Waals surface area contributed by atoms with Crippen LogP contribution in [-0.2, 0) is 11.0 Å². The third-order valence-electron chi connectivity index (χ3n) is 3.15. The average molecular weight is 341 g/mol. The summed E-state index contributed by atoms with van der Waals surface area (Å²) in [5.74, 6) is -1.39. The van der Waals surface area contributed by atoms with E-state index in [0.29, 0.717) is 11.0 Å². The fraction of sp³-hybridized carbons (Fsp3) is 0.500. The number of carbonyl (C=O) groups is 1. The van der Waals surface area contributed by atoms with Gasteiger partial charge in [0.05, 0.1) is 17.8 Å². The van der Waals surface area contributed by atoms with E-state index >= 15 is 0 Å². The number of nitrogens with zero attached hydrogens (tertiary/aromatic N) is 1. The zero-order valence-electron chi connectivity index (χ0n) is 12.2. The van der Waals surface area contributed by atoms with Crippen molar-refractivity contribution < 1.29 is 35.9 Å². The first-order valence-electron chi connectivity index (χ1n) is 6.56. The molecule has 3 nitrogen and oxygen atoms in total. The van der Waals surface area contributed by atoms with E-state index in [2.05, 4.69) is 0 Å². The summed E-state index contributed by atoms with van der Waals surface area (Å²) in [5.41, 5.74) is -2.40. The zero-order valence-corrected chi connectivity index (χ0v) is 12.2. The Hall–Kier alpha value is -1.93. The Morgan fingerprint density at radius 2 is 1.83 bits per heavy atom. The maximum Gasteiger partial charge on any atom is 0.416 e. The fourth-order valence-corrected chi connectivity index (χ4v) is 2.28. The normalized spacial score (nSPS) is 17.5. The average Bonchev–Trinajstić information content (AvgIpc) is 2.32. The number of carbonyl (C=O) groups excluding carboxylic acids is 1. The lowest BCUT2D eigenvalue weighted by molar-refractivity contribution is -0.152. The van der Waals surface area contributed by atoms with Crippen molar-refractivity contribution in [2.24, 2.45) is 0 Å². The van der Waals surface area contributed by atoms with E-state index in [1.165, 1.54) is 13.8 Å². The van der Waals surface area contributed by atoms with Crippen molar-refractivity contribution in [2.45, 2.75) is 38.2 Å². The molecule has 0 N–H and O–H groups in total. The van der Waals surface area contributed by atoms with Crippen molar-refractivity contribution in [1.29, 1.82) is 0 Å². The maximum absolute atomic E-state index is 12.8. The van der Waals surface area contributed by atoms with Crippen molar-refractivity contribution in [3.63, 3.8) is 0 Å². The summed E-state index contributed by atoms with van der Waals surface area (Å²) in [6.45, 7) is 2.78. The molecule has 2 rings (SSSR count). The second-order valence-electron chi connectivity index (χ2n) is 5.81. The number of alkyl halides is 6. The Labute approximate surface area is 127 Å². The molecule has 23 heavy (non-hydrogen) atoms. The van der Waals surface area contributed by atoms with Gasteiger partial charge in [-0.05, 0) is 32.0 Å². The lowest BCUT2D eigenvalue weighted by Gasteiger charge is -2.40. The molecule has 0 spiro atoms. The quantitative estimate of drug-likeness (QED) is 0.718. The molecule has 0 saturated carbocycles. The van der Waals surface area contributed by atoms with E-state index in [1.54, 1.807) is 0 Å². The first kappa shape index (κ1) is 17.4. The minimum absolute atomic E-state index is 0.0650. The SMILES string of the molecule is CC1(C)CN(C(=O)CC(F)(F)F)c2cc(C(F)(F)F)ccc2O1. The van der Waals surface area contributed by atoms with E-state index < -0.39 is 35.8 Å². The van der Waals surface area contributed by atoms with Crippen LogP contribution in [0.4, 0.5) is 32.0 Å². The molecule has 1 aromatic rings. The fourth-order valence-electron chi connectivity index (χ4n) is 2.28. The van der Waals surface area contributed by atoms with Crippen LogP contribution in [0.15, 0.2) is 18.2 Å². The van der Waals surface area contributed by atoms with Gasteiger partial charge in [0.1, 0.15) is 17.8 Å². The number of amides is 1. The predicted molar refractivity (Wildman–Crippen MR) is 69.2 cm³/mol. The highest BCUT2D eigenvalue weighted by Gasteiger charge is 2.41. The second kappa shape index (κ2) is 5.31. The minimum Gasteiger partial charge on any atom is -0.484 e. The van der Waals surface area contributed by atoms with Gasteiger partial charge in [-0.3, -0.25) is 4.79 Å². The number of fused-ring (bicyclic) bond motifs is 1. The molecule has 0 bridgehead atoms. The molecule has 1 aliphatic rings. The molecular weight excluding hydrogens is 328 g/mol. The molecule has 0 unspecified atom stereocenters. The van der Waals surface area contributed by atoms with Crippen molar-refractivity contribution in [3.05, 3.63) is 23.8 Å². The van der Waals surface area contributed by atoms with Crippen molar-refractivity contribution in [3.8, 4) is 5.75 Å². The lowest BCUT2D eigenvalue weighted by Crippen LogP contribution is -2.50. The number of rotatable bonds is 1. The van der Waals surface area contributed by atoms with Gasteiger partial charge in [-0.1, -0.05) is 0 Å². The van der Waals surface area contributed by atoms with Crippen LogP contribution in [0.1, 0.15) is 25.8 Å². The molecule has 0 saturated heterocycles. The maximum atomic E-state index is 12.8. The first-order chi connectivity index (χ1) is 10.3. The van der Waals surface area contributed by atoms with Gasteiger partial charge in [-0.25, -0.2) is 0 Å². The second-order valence-corrected chi connectivity index (χ2v) is 5.81. The van der Waals surface area contributed by atoms with Gasteiger partial charge in [0.25, 0.3) is 0 Å². The summed E-state index contributed by atoms with van der Waals surface area (Å²) in [7, 11) is 0. The minimum atomic E-state index is -4.75. The molecule has 0 aliphatic carbocycles. The number of benzene rings is 1. The van der Waals surface area contributed by atoms with Crippen LogP contribution in [0.2, 0.25) is 0 Å². The highest BCUT2D eigenvalue weighted by atomic mass is 19.4. The van der Waals surface area contributed by atoms with Crippen molar-refractivity contribution in [2.75, 3.05) is 11.4 Å². The molecule has 1 aromatic carbocycles. The molecule has 128 valence electrons. The molecule has 1 amide bonds. The summed E-state index contributed by atoms with van der Waals surface area (Å²) in [4.78, 5) is 12.6. The van der Waals surface area contributed by atoms with Gasteiger partial charge in [0.2, 0.25) is 5.91 Å². The number of anilines is 1. The van der Waals surface area contributed by atoms with Crippen LogP contribution in [0, 0.1) is 0 Å². The Bertz CT molecular complexity index is 621. The summed E-state index contributed by atoms with van der Waals surface area (Å²) < 4.78 is 81.1. The standard InChI is InChI=1S/C14H13F6NO2/c1-12(2)7-21(11(22)6-13(15,16)17)9-5-8(14(18,19)20)3-4-10(9)23-12/h3-5H,6-7H2,1-2H3. The molecular formula is C14H13F6NO2. The molecule has 0 atom stereocenters. The van der Waals surface area contributed by atoms with Crippen LogP contribution in [-0.4, -0.2) is 24.2 Å². The highest BCUT2D eigenvalue weighted by Crippen LogP contribution is 2.42. The number of halogens is 6. The Morgan fingerprint density at radius 1 is 1.22 bits per heavy atom. The van der Waals surface area contributed by atoms with Crippen molar-refractivity contribution in [1.82, 2.24) is 0 Å². The number of ether oxygens (including phenoxy) is 1. The largest absolute Gasteiger partial charge is 0.484 e. The van der Waals surface area contributed by atoms with E-state index in [9.17, 15) is 31.1 Å². The molecule has 0 fully saturated rings. The molecule has 9 heteroatoms. The third-order valence-corrected chi connectivity index (χ3v) is 3.15. The Balaban J connectivity index is 2.46. The number of hydrogen-bond donors (Lipinski definition) is 0. The molecule has 0 aromatic heterocycles. The highest BCUT2D eigenvalue weighted by molar-refractivity contribution is 5.96. The summed E-state index contributed by atoms with van der Waals surface area (Å²) in [6.07, 6.45) is -11.2. The van der Waals surface area contributed by atoms with Gasteiger partial charge in [-0.2, -0.15) is 26.3 Å². The summed E-state index contributed by atoms with van der Waals surface area (Å²) >= 11 is 0. The van der Waals surface area contributed by atoms with Crippen LogP contribution >= 0.6 is 0 Å². The van der Waals surface area contributed by atoms with Gasteiger partial charge in [-0.15, -0.1) is 0 Å². The van der Waals surface area contributed by atoms with Crippen LogP contribution in [0.25, 0.3) is 0 Å². The van der Waals surface area contributed by atoms with Crippen molar-refractivity contribution >= 4 is 11.6 Å². The molecule has 1 heterocycles. The van der Waals surface area contributed by atoms with Gasteiger partial charge in [0, 0.05) is 0 Å². The molecule has 0 radical (unpaired) electrons. The smallest absolute Gasteiger partial charge is 0.416 e. The van der Waals surface area contributed by atoms with Gasteiger partial charge >= 0.3 is 12.4 Å². The Morgan fingerprint density at radius 3 is 2.35 bits per heavy atom. The molecule has 1 aliphatic heterocycles. The van der Waals surface area contributed by atoms with Crippen LogP contribution in [0.5, 0.6) is 5.75 Å². The topological polar surface area (TPSA) is 29.5 Å². The van der Waals surface area contributed by atoms with Gasteiger partial charge in [0.15, 0.2) is 0 Å². The van der Waals surface area contributed by atoms with Crippen LogP contribution in [0.3, 0.4) is 0 Å². The van der Waals surface area contributed by atoms with E-state index in [4.69, 9.17) is 4.74 Å². The Kier molecular flexibility index (Phi) is 4.02. The lowest BCUT2D eigenvalue weighted by atomic mass is 10.0. The third kappa shape index (κ3) is 4.08. The van der Waals surface area contributed by atoms with Crippen LogP contribution < -0.4 is 9.64 Å². The first-order valence-corrected chi connectivity index (χ1v) is 6.56. The zero-order chi connectivity index (χ0) is 17.6. The predicted octanol–water partition coefficient (Wildman–Crippen LogP) is 4.16. The van der Waals surface area contributed by atoms with E-state index in [0.717, 1.165) is 12.1 Å². The van der Waals surface area contributed by atoms with E-state index in [-0.39, 0.29) is 18.0 Å². The summed E-state index contributed by atoms with van der Waals surface area (Å²) in [6, 6.07) is 2.39. The summed E-state index contributed by atoms with van der Waals surface area (Å²) in [5, 5.41) is 0. The monoisotopic (exact) mass is 341 g/mol. The van der Waals surface area contributed by atoms with E-state index in [1.807, 2.05) is 0 Å².